The first-order valence-corrected chi connectivity index (χ1v) is 7.35. The van der Waals surface area contributed by atoms with E-state index in [0.717, 1.165) is 17.3 Å². The predicted molar refractivity (Wildman–Crippen MR) is 74.1 cm³/mol. The molecule has 2 aliphatic rings. The third-order valence-electron chi connectivity index (χ3n) is 5.28. The van der Waals surface area contributed by atoms with Crippen molar-refractivity contribution in [1.29, 1.82) is 0 Å². The van der Waals surface area contributed by atoms with E-state index in [2.05, 4.69) is 38.3 Å². The van der Waals surface area contributed by atoms with Gasteiger partial charge in [-0.15, -0.1) is 0 Å². The molecule has 2 nitrogen and oxygen atoms in total. The Hall–Kier alpha value is -0.0800. The molecular weight excluding hydrogens is 208 g/mol. The maximum absolute atomic E-state index is 3.70. The van der Waals surface area contributed by atoms with Crippen molar-refractivity contribution in [2.24, 2.45) is 22.7 Å². The summed E-state index contributed by atoms with van der Waals surface area (Å²) < 4.78 is 0. The minimum absolute atomic E-state index is 0.434. The van der Waals surface area contributed by atoms with Crippen LogP contribution in [0.4, 0.5) is 0 Å². The summed E-state index contributed by atoms with van der Waals surface area (Å²) in [7, 11) is 0. The van der Waals surface area contributed by atoms with E-state index in [-0.39, 0.29) is 0 Å². The van der Waals surface area contributed by atoms with Gasteiger partial charge in [-0.3, -0.25) is 0 Å². The van der Waals surface area contributed by atoms with Gasteiger partial charge in [-0.05, 0) is 68.1 Å². The molecule has 2 N–H and O–H groups in total. The molecule has 0 amide bonds. The number of nitrogens with one attached hydrogen (secondary N) is 2. The van der Waals surface area contributed by atoms with Crippen LogP contribution in [0.25, 0.3) is 0 Å². The Labute approximate surface area is 107 Å². The van der Waals surface area contributed by atoms with Crippen LogP contribution in [-0.2, 0) is 0 Å². The second-order valence-electron chi connectivity index (χ2n) is 7.44. The van der Waals surface area contributed by atoms with Gasteiger partial charge in [0.1, 0.15) is 0 Å². The van der Waals surface area contributed by atoms with Crippen LogP contribution in [0.5, 0.6) is 0 Å². The lowest BCUT2D eigenvalue weighted by Gasteiger charge is -2.28. The Balaban J connectivity index is 1.64. The molecular formula is C15H30N2. The van der Waals surface area contributed by atoms with Gasteiger partial charge in [0.25, 0.3) is 0 Å². The largest absolute Gasteiger partial charge is 0.317 e. The number of hydrogen-bond donors (Lipinski definition) is 2. The molecule has 2 heteroatoms. The van der Waals surface area contributed by atoms with E-state index >= 15 is 0 Å². The predicted octanol–water partition coefficient (Wildman–Crippen LogP) is 2.65. The van der Waals surface area contributed by atoms with Gasteiger partial charge in [-0.1, -0.05) is 27.7 Å². The quantitative estimate of drug-likeness (QED) is 0.787. The fourth-order valence-corrected chi connectivity index (χ4v) is 3.04. The smallest absolute Gasteiger partial charge is 0.00149 e. The molecule has 0 aromatic heterocycles. The number of hydrogen-bond acceptors (Lipinski definition) is 2. The lowest BCUT2D eigenvalue weighted by Crippen LogP contribution is -2.33. The van der Waals surface area contributed by atoms with Crippen molar-refractivity contribution < 1.29 is 0 Å². The summed E-state index contributed by atoms with van der Waals surface area (Å²) >= 11 is 0. The molecule has 1 aliphatic heterocycles. The van der Waals surface area contributed by atoms with Crippen LogP contribution in [0.2, 0.25) is 0 Å². The van der Waals surface area contributed by atoms with Crippen molar-refractivity contribution in [3.63, 3.8) is 0 Å². The lowest BCUT2D eigenvalue weighted by atomic mass is 9.82. The van der Waals surface area contributed by atoms with Crippen molar-refractivity contribution >= 4 is 0 Å². The summed E-state index contributed by atoms with van der Waals surface area (Å²) in [5.41, 5.74) is 1.17. The molecule has 0 aromatic rings. The highest BCUT2D eigenvalue weighted by atomic mass is 14.9. The average molecular weight is 238 g/mol. The fraction of sp³-hybridized carbons (Fsp3) is 1.00. The Bertz CT molecular complexity index is 248. The Kier molecular flexibility index (Phi) is 3.84. The van der Waals surface area contributed by atoms with Crippen LogP contribution in [0.3, 0.4) is 0 Å². The van der Waals surface area contributed by atoms with Crippen LogP contribution in [0, 0.1) is 22.7 Å². The van der Waals surface area contributed by atoms with Crippen LogP contribution in [-0.4, -0.2) is 26.2 Å². The third-order valence-corrected chi connectivity index (χ3v) is 5.28. The lowest BCUT2D eigenvalue weighted by molar-refractivity contribution is 0.248. The SMILES string of the molecule is CC(CNCC1CC12CCNCC2)C(C)(C)C. The monoisotopic (exact) mass is 238 g/mol. The van der Waals surface area contributed by atoms with Crippen LogP contribution in [0.15, 0.2) is 0 Å². The standard InChI is InChI=1S/C15H30N2/c1-12(14(2,3)4)10-17-11-13-9-15(13)5-7-16-8-6-15/h12-13,16-17H,5-11H2,1-4H3. The number of rotatable bonds is 4. The summed E-state index contributed by atoms with van der Waals surface area (Å²) in [5.74, 6) is 1.72. The first-order valence-electron chi connectivity index (χ1n) is 7.35. The Morgan fingerprint density at radius 2 is 1.94 bits per heavy atom. The summed E-state index contributed by atoms with van der Waals surface area (Å²) in [6.07, 6.45) is 4.30. The fourth-order valence-electron chi connectivity index (χ4n) is 3.04. The van der Waals surface area contributed by atoms with Gasteiger partial charge >= 0.3 is 0 Å². The van der Waals surface area contributed by atoms with E-state index in [9.17, 15) is 0 Å². The molecule has 1 spiro atoms. The highest BCUT2D eigenvalue weighted by molar-refractivity contribution is 5.05. The summed E-state index contributed by atoms with van der Waals surface area (Å²) in [5, 5.41) is 7.18. The maximum atomic E-state index is 3.70. The Morgan fingerprint density at radius 1 is 1.29 bits per heavy atom. The molecule has 2 atom stereocenters. The highest BCUT2D eigenvalue weighted by Crippen LogP contribution is 2.58. The molecule has 1 aliphatic carbocycles. The number of piperidine rings is 1. The molecule has 100 valence electrons. The van der Waals surface area contributed by atoms with Crippen LogP contribution < -0.4 is 10.6 Å². The summed E-state index contributed by atoms with van der Waals surface area (Å²) in [6.45, 7) is 14.3. The van der Waals surface area contributed by atoms with Crippen molar-refractivity contribution in [3.05, 3.63) is 0 Å². The zero-order valence-corrected chi connectivity index (χ0v) is 12.1. The molecule has 2 rings (SSSR count). The molecule has 2 fully saturated rings. The van der Waals surface area contributed by atoms with Crippen LogP contribution in [0.1, 0.15) is 47.0 Å². The third kappa shape index (κ3) is 3.23. The van der Waals surface area contributed by atoms with Crippen molar-refractivity contribution in [2.45, 2.75) is 47.0 Å². The Morgan fingerprint density at radius 3 is 2.53 bits per heavy atom. The minimum atomic E-state index is 0.434. The second kappa shape index (κ2) is 4.89. The van der Waals surface area contributed by atoms with Crippen molar-refractivity contribution in [3.8, 4) is 0 Å². The van der Waals surface area contributed by atoms with Gasteiger partial charge in [-0.2, -0.15) is 0 Å². The van der Waals surface area contributed by atoms with E-state index in [1.807, 2.05) is 0 Å². The summed E-state index contributed by atoms with van der Waals surface area (Å²) in [6, 6.07) is 0. The topological polar surface area (TPSA) is 24.1 Å². The van der Waals surface area contributed by atoms with Gasteiger partial charge in [0, 0.05) is 0 Å². The zero-order valence-electron chi connectivity index (χ0n) is 12.1. The first-order chi connectivity index (χ1) is 7.94. The molecule has 2 unspecified atom stereocenters. The molecule has 0 bridgehead atoms. The first kappa shape index (κ1) is 13.4. The second-order valence-corrected chi connectivity index (χ2v) is 7.44. The van der Waals surface area contributed by atoms with E-state index < -0.39 is 0 Å². The maximum Gasteiger partial charge on any atom is -0.00149 e. The van der Waals surface area contributed by atoms with Gasteiger partial charge in [0.05, 0.1) is 0 Å². The molecule has 0 aromatic carbocycles. The highest BCUT2D eigenvalue weighted by Gasteiger charge is 2.53. The van der Waals surface area contributed by atoms with Gasteiger partial charge in [0.2, 0.25) is 0 Å². The van der Waals surface area contributed by atoms with Crippen molar-refractivity contribution in [2.75, 3.05) is 26.2 Å². The normalized spacial score (nSPS) is 29.3. The molecule has 1 saturated carbocycles. The molecule has 1 saturated heterocycles. The van der Waals surface area contributed by atoms with Crippen molar-refractivity contribution in [1.82, 2.24) is 10.6 Å². The van der Waals surface area contributed by atoms with E-state index in [1.165, 1.54) is 45.4 Å². The minimum Gasteiger partial charge on any atom is -0.317 e. The zero-order chi connectivity index (χ0) is 12.5. The van der Waals surface area contributed by atoms with Gasteiger partial charge in [0.15, 0.2) is 0 Å². The molecule has 0 radical (unpaired) electrons. The van der Waals surface area contributed by atoms with E-state index in [0.29, 0.717) is 5.41 Å². The van der Waals surface area contributed by atoms with E-state index in [1.54, 1.807) is 0 Å². The van der Waals surface area contributed by atoms with E-state index in [4.69, 9.17) is 0 Å². The molecule has 1 heterocycles. The molecule has 17 heavy (non-hydrogen) atoms. The van der Waals surface area contributed by atoms with Crippen LogP contribution >= 0.6 is 0 Å². The average Bonchev–Trinajstić information content (AvgIpc) is 2.90. The van der Waals surface area contributed by atoms with Gasteiger partial charge < -0.3 is 10.6 Å². The van der Waals surface area contributed by atoms with Gasteiger partial charge in [-0.25, -0.2) is 0 Å². The summed E-state index contributed by atoms with van der Waals surface area (Å²) in [4.78, 5) is 0.